The first kappa shape index (κ1) is 10.0. The first-order chi connectivity index (χ1) is 7.18. The van der Waals surface area contributed by atoms with E-state index in [9.17, 15) is 4.79 Å². The molecule has 0 aromatic carbocycles. The summed E-state index contributed by atoms with van der Waals surface area (Å²) in [5, 5.41) is 0. The van der Waals surface area contributed by atoms with Crippen LogP contribution in [0.3, 0.4) is 0 Å². The van der Waals surface area contributed by atoms with Gasteiger partial charge in [0, 0.05) is 18.4 Å². The van der Waals surface area contributed by atoms with Crippen molar-refractivity contribution in [1.29, 1.82) is 0 Å². The molecule has 2 rings (SSSR count). The quantitative estimate of drug-likeness (QED) is 0.705. The van der Waals surface area contributed by atoms with Crippen LogP contribution in [0.1, 0.15) is 17.4 Å². The predicted molar refractivity (Wildman–Crippen MR) is 56.5 cm³/mol. The van der Waals surface area contributed by atoms with Crippen molar-refractivity contribution >= 4 is 11.6 Å². The summed E-state index contributed by atoms with van der Waals surface area (Å²) in [5.41, 5.74) is 6.68. The van der Waals surface area contributed by atoms with Crippen molar-refractivity contribution in [2.75, 3.05) is 25.5 Å². The van der Waals surface area contributed by atoms with E-state index < -0.39 is 0 Å². The summed E-state index contributed by atoms with van der Waals surface area (Å²) in [6, 6.07) is 1.78. The Morgan fingerprint density at radius 1 is 1.73 bits per heavy atom. The molecule has 0 bridgehead atoms. The van der Waals surface area contributed by atoms with Crippen molar-refractivity contribution in [3.63, 3.8) is 0 Å². The Labute approximate surface area is 88.2 Å². The molecule has 5 heteroatoms. The third-order valence-electron chi connectivity index (χ3n) is 2.56. The lowest BCUT2D eigenvalue weighted by atomic mass is 10.2. The van der Waals surface area contributed by atoms with Crippen molar-refractivity contribution in [2.45, 2.75) is 13.0 Å². The molecule has 0 spiro atoms. The summed E-state index contributed by atoms with van der Waals surface area (Å²) in [4.78, 5) is 16.7. The molecule has 82 valence electrons. The van der Waals surface area contributed by atoms with Crippen LogP contribution in [-0.4, -0.2) is 41.6 Å². The summed E-state index contributed by atoms with van der Waals surface area (Å²) in [6.07, 6.45) is 1.62. The van der Waals surface area contributed by atoms with E-state index in [0.29, 0.717) is 31.1 Å². The number of ether oxygens (including phenoxy) is 1. The Balaban J connectivity index is 2.13. The highest BCUT2D eigenvalue weighted by atomic mass is 16.5. The lowest BCUT2D eigenvalue weighted by Gasteiger charge is -2.32. The fourth-order valence-electron chi connectivity index (χ4n) is 1.72. The number of nitrogen functional groups attached to an aromatic ring is 1. The van der Waals surface area contributed by atoms with Gasteiger partial charge in [0.25, 0.3) is 5.91 Å². The Bertz CT molecular complexity index is 361. The number of rotatable bonds is 1. The largest absolute Gasteiger partial charge is 0.397 e. The van der Waals surface area contributed by atoms with Crippen LogP contribution in [0.5, 0.6) is 0 Å². The minimum absolute atomic E-state index is 0.0116. The van der Waals surface area contributed by atoms with Gasteiger partial charge in [0.15, 0.2) is 0 Å². The van der Waals surface area contributed by atoms with E-state index in [2.05, 4.69) is 4.98 Å². The van der Waals surface area contributed by atoms with Crippen molar-refractivity contribution in [3.05, 3.63) is 18.0 Å². The molecule has 3 N–H and O–H groups in total. The first-order valence-corrected chi connectivity index (χ1v) is 5.01. The molecule has 1 amide bonds. The van der Waals surface area contributed by atoms with Crippen LogP contribution in [-0.2, 0) is 4.74 Å². The van der Waals surface area contributed by atoms with Gasteiger partial charge < -0.3 is 20.4 Å². The Morgan fingerprint density at radius 3 is 3.13 bits per heavy atom. The van der Waals surface area contributed by atoms with Crippen LogP contribution < -0.4 is 5.73 Å². The molecule has 0 saturated carbocycles. The molecule has 1 aliphatic heterocycles. The number of nitrogens with zero attached hydrogens (tertiary/aromatic N) is 1. The monoisotopic (exact) mass is 209 g/mol. The Kier molecular flexibility index (Phi) is 2.64. The van der Waals surface area contributed by atoms with Gasteiger partial charge in [-0.1, -0.05) is 0 Å². The van der Waals surface area contributed by atoms with Crippen LogP contribution in [0.2, 0.25) is 0 Å². The zero-order chi connectivity index (χ0) is 10.8. The highest BCUT2D eigenvalue weighted by Crippen LogP contribution is 2.13. The normalized spacial score (nSPS) is 21.7. The number of morpholine rings is 1. The number of hydrogen-bond acceptors (Lipinski definition) is 3. The van der Waals surface area contributed by atoms with Crippen LogP contribution >= 0.6 is 0 Å². The molecule has 1 unspecified atom stereocenters. The van der Waals surface area contributed by atoms with E-state index in [-0.39, 0.29) is 11.9 Å². The molecule has 1 aromatic heterocycles. The van der Waals surface area contributed by atoms with Gasteiger partial charge in [0.2, 0.25) is 0 Å². The maximum atomic E-state index is 12.0. The zero-order valence-corrected chi connectivity index (χ0v) is 8.69. The van der Waals surface area contributed by atoms with Crippen LogP contribution in [0.4, 0.5) is 5.69 Å². The number of carbonyl (C=O) groups is 1. The second-order valence-electron chi connectivity index (χ2n) is 3.77. The number of anilines is 1. The van der Waals surface area contributed by atoms with Gasteiger partial charge in [-0.2, -0.15) is 0 Å². The maximum Gasteiger partial charge on any atom is 0.270 e. The van der Waals surface area contributed by atoms with Crippen LogP contribution in [0, 0.1) is 0 Å². The van der Waals surface area contributed by atoms with E-state index in [4.69, 9.17) is 10.5 Å². The van der Waals surface area contributed by atoms with Gasteiger partial charge in [0.1, 0.15) is 5.69 Å². The number of aromatic nitrogens is 1. The molecule has 2 heterocycles. The van der Waals surface area contributed by atoms with Crippen molar-refractivity contribution < 1.29 is 9.53 Å². The number of amides is 1. The number of aromatic amines is 1. The molecule has 0 radical (unpaired) electrons. The summed E-state index contributed by atoms with van der Waals surface area (Å²) < 4.78 is 5.27. The minimum atomic E-state index is -0.0116. The van der Waals surface area contributed by atoms with E-state index in [1.165, 1.54) is 0 Å². The minimum Gasteiger partial charge on any atom is -0.397 e. The second kappa shape index (κ2) is 3.94. The number of hydrogen-bond donors (Lipinski definition) is 2. The fraction of sp³-hybridized carbons (Fsp3) is 0.500. The smallest absolute Gasteiger partial charge is 0.270 e. The van der Waals surface area contributed by atoms with Crippen molar-refractivity contribution in [3.8, 4) is 0 Å². The average molecular weight is 209 g/mol. The van der Waals surface area contributed by atoms with Crippen LogP contribution in [0.25, 0.3) is 0 Å². The van der Waals surface area contributed by atoms with Gasteiger partial charge in [-0.05, 0) is 13.0 Å². The van der Waals surface area contributed by atoms with E-state index in [0.717, 1.165) is 0 Å². The molecule has 0 aliphatic carbocycles. The topological polar surface area (TPSA) is 71.3 Å². The van der Waals surface area contributed by atoms with E-state index in [1.54, 1.807) is 17.2 Å². The predicted octanol–water partition coefficient (Wildman–Crippen LogP) is 0.458. The Hall–Kier alpha value is -1.49. The second-order valence-corrected chi connectivity index (χ2v) is 3.77. The third kappa shape index (κ3) is 1.97. The molecule has 1 aromatic rings. The van der Waals surface area contributed by atoms with Crippen LogP contribution in [0.15, 0.2) is 12.3 Å². The van der Waals surface area contributed by atoms with Gasteiger partial charge in [0.05, 0.1) is 19.3 Å². The highest BCUT2D eigenvalue weighted by Gasteiger charge is 2.25. The zero-order valence-electron chi connectivity index (χ0n) is 8.69. The summed E-state index contributed by atoms with van der Waals surface area (Å²) in [5.74, 6) is -0.0116. The number of carbonyl (C=O) groups excluding carboxylic acids is 1. The van der Waals surface area contributed by atoms with Gasteiger partial charge in [-0.25, -0.2) is 0 Å². The number of H-pyrrole nitrogens is 1. The number of nitrogens with two attached hydrogens (primary N) is 1. The molecule has 1 saturated heterocycles. The lowest BCUT2D eigenvalue weighted by Crippen LogP contribution is -2.47. The molecule has 1 fully saturated rings. The summed E-state index contributed by atoms with van der Waals surface area (Å²) in [7, 11) is 0. The Morgan fingerprint density at radius 2 is 2.53 bits per heavy atom. The average Bonchev–Trinajstić information content (AvgIpc) is 2.65. The van der Waals surface area contributed by atoms with Gasteiger partial charge in [-0.3, -0.25) is 4.79 Å². The molecule has 15 heavy (non-hydrogen) atoms. The lowest BCUT2D eigenvalue weighted by molar-refractivity contribution is 0.00331. The molecular formula is C10H15N3O2. The van der Waals surface area contributed by atoms with Crippen molar-refractivity contribution in [2.24, 2.45) is 0 Å². The van der Waals surface area contributed by atoms with Crippen molar-refractivity contribution in [1.82, 2.24) is 9.88 Å². The summed E-state index contributed by atoms with van der Waals surface area (Å²) in [6.45, 7) is 3.82. The standard InChI is InChI=1S/C10H15N3O2/c1-7-6-15-3-2-13(7)10(14)9-4-8(11)5-12-9/h4-5,7,12H,2-3,6,11H2,1H3. The first-order valence-electron chi connectivity index (χ1n) is 5.01. The third-order valence-corrected chi connectivity index (χ3v) is 2.56. The van der Waals surface area contributed by atoms with Gasteiger partial charge in [-0.15, -0.1) is 0 Å². The summed E-state index contributed by atoms with van der Waals surface area (Å²) >= 11 is 0. The maximum absolute atomic E-state index is 12.0. The molecular weight excluding hydrogens is 194 g/mol. The van der Waals surface area contributed by atoms with E-state index in [1.807, 2.05) is 6.92 Å². The number of nitrogens with one attached hydrogen (secondary N) is 1. The molecule has 1 atom stereocenters. The van der Waals surface area contributed by atoms with E-state index >= 15 is 0 Å². The highest BCUT2D eigenvalue weighted by molar-refractivity contribution is 5.93. The van der Waals surface area contributed by atoms with Gasteiger partial charge >= 0.3 is 0 Å². The molecule has 5 nitrogen and oxygen atoms in total. The molecule has 1 aliphatic rings. The fourth-order valence-corrected chi connectivity index (χ4v) is 1.72. The SMILES string of the molecule is CC1COCCN1C(=O)c1cc(N)c[nH]1.